The third-order valence-electron chi connectivity index (χ3n) is 1.97. The first kappa shape index (κ1) is 14.9. The van der Waals surface area contributed by atoms with Crippen LogP contribution in [0.1, 0.15) is 34.6 Å². The topological polar surface area (TPSA) is 29.5 Å². The lowest BCUT2D eigenvalue weighted by Gasteiger charge is -2.25. The third-order valence-corrected chi connectivity index (χ3v) is 1.97. The zero-order chi connectivity index (χ0) is 11.0. The fraction of sp³-hybridized carbons (Fsp3) is 0.900. The van der Waals surface area contributed by atoms with Crippen molar-refractivity contribution in [2.75, 3.05) is 14.2 Å². The van der Waals surface area contributed by atoms with Crippen molar-refractivity contribution in [3.8, 4) is 0 Å². The Morgan fingerprint density at radius 2 is 1.62 bits per heavy atom. The molecule has 3 heteroatoms. The zero-order valence-corrected chi connectivity index (χ0v) is 9.92. The summed E-state index contributed by atoms with van der Waals surface area (Å²) in [4.78, 5) is 13.0. The van der Waals surface area contributed by atoms with E-state index in [0.717, 1.165) is 0 Å². The van der Waals surface area contributed by atoms with E-state index < -0.39 is 0 Å². The van der Waals surface area contributed by atoms with Gasteiger partial charge in [-0.3, -0.25) is 9.69 Å². The van der Waals surface area contributed by atoms with Gasteiger partial charge in [0.25, 0.3) is 0 Å². The Morgan fingerprint density at radius 1 is 1.23 bits per heavy atom. The number of methoxy groups -OCH3 is 1. The van der Waals surface area contributed by atoms with Crippen molar-refractivity contribution in [2.24, 2.45) is 0 Å². The summed E-state index contributed by atoms with van der Waals surface area (Å²) in [5, 5.41) is 0. The quantitative estimate of drug-likeness (QED) is 0.635. The molecule has 80 valence electrons. The van der Waals surface area contributed by atoms with Crippen molar-refractivity contribution in [1.82, 2.24) is 4.90 Å². The van der Waals surface area contributed by atoms with E-state index in [1.54, 1.807) is 0 Å². The molecule has 0 aromatic heterocycles. The van der Waals surface area contributed by atoms with E-state index in [4.69, 9.17) is 0 Å². The Hall–Kier alpha value is -0.570. The number of ether oxygens (including phenoxy) is 1. The first-order valence-corrected chi connectivity index (χ1v) is 4.80. The second-order valence-corrected chi connectivity index (χ2v) is 2.96. The summed E-state index contributed by atoms with van der Waals surface area (Å²) < 4.78 is 4.60. The second-order valence-electron chi connectivity index (χ2n) is 2.96. The molecule has 0 aliphatic carbocycles. The van der Waals surface area contributed by atoms with Gasteiger partial charge in [-0.25, -0.2) is 0 Å². The Labute approximate surface area is 82.1 Å². The zero-order valence-electron chi connectivity index (χ0n) is 9.92. The fourth-order valence-corrected chi connectivity index (χ4v) is 0.784. The maximum Gasteiger partial charge on any atom is 0.322 e. The minimum atomic E-state index is -0.179. The molecule has 0 saturated carbocycles. The molecular weight excluding hydrogens is 166 g/mol. The molecule has 0 aromatic rings. The number of hydrogen-bond acceptors (Lipinski definition) is 3. The molecule has 0 bridgehead atoms. The minimum Gasteiger partial charge on any atom is -0.468 e. The predicted molar refractivity (Wildman–Crippen MR) is 55.7 cm³/mol. The summed E-state index contributed by atoms with van der Waals surface area (Å²) in [6.07, 6.45) is 0. The lowest BCUT2D eigenvalue weighted by molar-refractivity contribution is -0.146. The van der Waals surface area contributed by atoms with E-state index in [2.05, 4.69) is 4.74 Å². The normalized spacial score (nSPS) is 12.1. The van der Waals surface area contributed by atoms with E-state index in [1.165, 1.54) is 7.11 Å². The molecule has 0 aliphatic rings. The van der Waals surface area contributed by atoms with E-state index in [9.17, 15) is 4.79 Å². The molecule has 0 spiro atoms. The van der Waals surface area contributed by atoms with Gasteiger partial charge in [0, 0.05) is 6.04 Å². The van der Waals surface area contributed by atoms with Crippen LogP contribution >= 0.6 is 0 Å². The van der Waals surface area contributed by atoms with Crippen molar-refractivity contribution >= 4 is 5.97 Å². The molecule has 3 nitrogen and oxygen atoms in total. The number of esters is 1. The molecule has 0 fully saturated rings. The van der Waals surface area contributed by atoms with Gasteiger partial charge in [0.15, 0.2) is 0 Å². The summed E-state index contributed by atoms with van der Waals surface area (Å²) >= 11 is 0. The van der Waals surface area contributed by atoms with E-state index in [1.807, 2.05) is 46.6 Å². The first-order valence-electron chi connectivity index (χ1n) is 4.80. The maximum atomic E-state index is 11.0. The van der Waals surface area contributed by atoms with Crippen molar-refractivity contribution in [3.63, 3.8) is 0 Å². The van der Waals surface area contributed by atoms with Crippen molar-refractivity contribution in [2.45, 2.75) is 46.7 Å². The lowest BCUT2D eigenvalue weighted by Crippen LogP contribution is -2.40. The van der Waals surface area contributed by atoms with Gasteiger partial charge in [-0.1, -0.05) is 13.8 Å². The van der Waals surface area contributed by atoms with Gasteiger partial charge < -0.3 is 4.74 Å². The summed E-state index contributed by atoms with van der Waals surface area (Å²) in [5.74, 6) is -0.179. The molecule has 0 aromatic carbocycles. The highest BCUT2D eigenvalue weighted by Gasteiger charge is 2.19. The van der Waals surface area contributed by atoms with Gasteiger partial charge in [0.2, 0.25) is 0 Å². The highest BCUT2D eigenvalue weighted by Crippen LogP contribution is 2.02. The maximum absolute atomic E-state index is 11.0. The molecule has 0 aliphatic heterocycles. The molecule has 0 rings (SSSR count). The van der Waals surface area contributed by atoms with Gasteiger partial charge in [-0.05, 0) is 27.8 Å². The fourth-order valence-electron chi connectivity index (χ4n) is 0.784. The Bertz CT molecular complexity index is 135. The summed E-state index contributed by atoms with van der Waals surface area (Å²) in [7, 11) is 3.32. The number of rotatable bonds is 3. The molecular formula is C10H23NO2. The average molecular weight is 189 g/mol. The highest BCUT2D eigenvalue weighted by molar-refractivity contribution is 5.75. The van der Waals surface area contributed by atoms with Crippen LogP contribution in [0, 0.1) is 0 Å². The van der Waals surface area contributed by atoms with Crippen LogP contribution in [-0.4, -0.2) is 37.1 Å². The summed E-state index contributed by atoms with van der Waals surface area (Å²) in [6.45, 7) is 9.92. The number of hydrogen-bond donors (Lipinski definition) is 0. The van der Waals surface area contributed by atoms with Crippen LogP contribution in [0.15, 0.2) is 0 Å². The molecule has 0 heterocycles. The third kappa shape index (κ3) is 5.64. The molecule has 13 heavy (non-hydrogen) atoms. The SMILES string of the molecule is CC.COC(=O)C(C)N(C)C(C)C. The van der Waals surface area contributed by atoms with E-state index >= 15 is 0 Å². The van der Waals surface area contributed by atoms with E-state index in [0.29, 0.717) is 6.04 Å². The Morgan fingerprint density at radius 3 is 1.85 bits per heavy atom. The second kappa shape index (κ2) is 8.05. The molecule has 0 amide bonds. The summed E-state index contributed by atoms with van der Waals surface area (Å²) in [5.41, 5.74) is 0. The minimum absolute atomic E-state index is 0.153. The number of nitrogens with zero attached hydrogens (tertiary/aromatic N) is 1. The number of carbonyl (C=O) groups is 1. The van der Waals surface area contributed by atoms with Crippen molar-refractivity contribution < 1.29 is 9.53 Å². The van der Waals surface area contributed by atoms with Crippen molar-refractivity contribution in [3.05, 3.63) is 0 Å². The average Bonchev–Trinajstić information content (AvgIpc) is 2.17. The van der Waals surface area contributed by atoms with Gasteiger partial charge >= 0.3 is 5.97 Å². The Balaban J connectivity index is 0. The monoisotopic (exact) mass is 189 g/mol. The molecule has 0 radical (unpaired) electrons. The van der Waals surface area contributed by atoms with Crippen LogP contribution in [0.5, 0.6) is 0 Å². The lowest BCUT2D eigenvalue weighted by atomic mass is 10.2. The van der Waals surface area contributed by atoms with Crippen LogP contribution in [0.3, 0.4) is 0 Å². The van der Waals surface area contributed by atoms with Crippen LogP contribution in [-0.2, 0) is 9.53 Å². The molecule has 0 N–H and O–H groups in total. The number of likely N-dealkylation sites (N-methyl/N-ethyl adjacent to an activating group) is 1. The van der Waals surface area contributed by atoms with Crippen LogP contribution in [0.25, 0.3) is 0 Å². The highest BCUT2D eigenvalue weighted by atomic mass is 16.5. The smallest absolute Gasteiger partial charge is 0.322 e. The molecule has 1 unspecified atom stereocenters. The van der Waals surface area contributed by atoms with Crippen LogP contribution in [0.2, 0.25) is 0 Å². The molecule has 0 saturated heterocycles. The Kier molecular flexibility index (Phi) is 9.24. The predicted octanol–water partition coefficient (Wildman–Crippen LogP) is 1.91. The first-order chi connectivity index (χ1) is 6.00. The van der Waals surface area contributed by atoms with E-state index in [-0.39, 0.29) is 12.0 Å². The van der Waals surface area contributed by atoms with Crippen molar-refractivity contribution in [1.29, 1.82) is 0 Å². The number of carbonyl (C=O) groups excluding carboxylic acids is 1. The van der Waals surface area contributed by atoms with Crippen LogP contribution in [0.4, 0.5) is 0 Å². The largest absolute Gasteiger partial charge is 0.468 e. The van der Waals surface area contributed by atoms with Gasteiger partial charge in [-0.2, -0.15) is 0 Å². The summed E-state index contributed by atoms with van der Waals surface area (Å²) in [6, 6.07) is 0.212. The molecule has 1 atom stereocenters. The van der Waals surface area contributed by atoms with Crippen LogP contribution < -0.4 is 0 Å². The standard InChI is InChI=1S/C8H17NO2.C2H6/c1-6(2)9(4)7(3)8(10)11-5;1-2/h6-7H,1-5H3;1-2H3. The van der Waals surface area contributed by atoms with Gasteiger partial charge in [0.1, 0.15) is 6.04 Å². The van der Waals surface area contributed by atoms with Gasteiger partial charge in [-0.15, -0.1) is 0 Å². The van der Waals surface area contributed by atoms with Gasteiger partial charge in [0.05, 0.1) is 7.11 Å².